The van der Waals surface area contributed by atoms with Crippen LogP contribution in [0.3, 0.4) is 0 Å². The van der Waals surface area contributed by atoms with Crippen molar-refractivity contribution in [2.45, 2.75) is 68.9 Å². The molecule has 0 aliphatic heterocycles. The van der Waals surface area contributed by atoms with E-state index in [4.69, 9.17) is 9.47 Å². The number of carbonyl (C=O) groups is 1. The number of esters is 1. The summed E-state index contributed by atoms with van der Waals surface area (Å²) in [6, 6.07) is 0. The van der Waals surface area contributed by atoms with E-state index in [1.807, 2.05) is 0 Å². The van der Waals surface area contributed by atoms with Crippen LogP contribution in [0.25, 0.3) is 0 Å². The maximum absolute atomic E-state index is 11.7. The number of ether oxygens (including phenoxy) is 2. The Bertz CT molecular complexity index is 444. The van der Waals surface area contributed by atoms with Gasteiger partial charge in [0.2, 0.25) is 0 Å². The van der Waals surface area contributed by atoms with Crippen molar-refractivity contribution in [1.82, 2.24) is 0 Å². The summed E-state index contributed by atoms with van der Waals surface area (Å²) in [6.07, 6.45) is 5.16. The fourth-order valence-corrected chi connectivity index (χ4v) is 5.04. The van der Waals surface area contributed by atoms with Crippen LogP contribution in [0.15, 0.2) is 12.7 Å². The monoisotopic (exact) mass is 310 g/mol. The molecule has 4 saturated carbocycles. The van der Waals surface area contributed by atoms with Gasteiger partial charge in [-0.2, -0.15) is 0 Å². The van der Waals surface area contributed by atoms with E-state index in [0.717, 1.165) is 25.7 Å². The van der Waals surface area contributed by atoms with Crippen molar-refractivity contribution < 1.29 is 24.5 Å². The van der Waals surface area contributed by atoms with Crippen LogP contribution in [0.2, 0.25) is 0 Å². The summed E-state index contributed by atoms with van der Waals surface area (Å²) in [4.78, 5) is 11.7. The molecule has 4 bridgehead atoms. The molecule has 4 unspecified atom stereocenters. The van der Waals surface area contributed by atoms with Gasteiger partial charge in [0.1, 0.15) is 11.7 Å². The molecular weight excluding hydrogens is 284 g/mol. The van der Waals surface area contributed by atoms with Crippen LogP contribution in [0, 0.1) is 11.8 Å². The molecule has 4 atom stereocenters. The van der Waals surface area contributed by atoms with Gasteiger partial charge in [0.05, 0.1) is 18.3 Å². The molecule has 0 aromatic carbocycles. The molecule has 4 aliphatic rings. The summed E-state index contributed by atoms with van der Waals surface area (Å²) in [6.45, 7) is 5.17. The van der Waals surface area contributed by atoms with Crippen molar-refractivity contribution in [3.63, 3.8) is 0 Å². The normalized spacial score (nSPS) is 42.0. The minimum Gasteiger partial charge on any atom is -0.456 e. The standard InChI is InChI=1S/C17H26O5/c1-3-15(20)22-17-7-12-4-13(8-17)6-16(5-12,10-17)21-9-14(19)11(2)18/h3,11-14,18-19H,1,4-10H2,2H3. The van der Waals surface area contributed by atoms with Crippen LogP contribution in [-0.4, -0.2) is 46.2 Å². The van der Waals surface area contributed by atoms with Gasteiger partial charge in [0, 0.05) is 12.5 Å². The van der Waals surface area contributed by atoms with Crippen LogP contribution in [0.1, 0.15) is 45.4 Å². The van der Waals surface area contributed by atoms with E-state index in [9.17, 15) is 15.0 Å². The molecule has 5 heteroatoms. The number of rotatable bonds is 6. The number of hydrogen-bond acceptors (Lipinski definition) is 5. The van der Waals surface area contributed by atoms with E-state index in [1.54, 1.807) is 6.92 Å². The molecule has 0 amide bonds. The number of aliphatic hydroxyl groups excluding tert-OH is 2. The van der Waals surface area contributed by atoms with Crippen molar-refractivity contribution in [3.8, 4) is 0 Å². The fourth-order valence-electron chi connectivity index (χ4n) is 5.04. The average molecular weight is 310 g/mol. The molecule has 0 aromatic heterocycles. The first-order chi connectivity index (χ1) is 10.4. The zero-order chi connectivity index (χ0) is 16.0. The van der Waals surface area contributed by atoms with Crippen LogP contribution in [-0.2, 0) is 14.3 Å². The number of carbonyl (C=O) groups excluding carboxylic acids is 1. The summed E-state index contributed by atoms with van der Waals surface area (Å²) in [5, 5.41) is 19.2. The first kappa shape index (κ1) is 16.0. The maximum Gasteiger partial charge on any atom is 0.330 e. The largest absolute Gasteiger partial charge is 0.456 e. The number of hydrogen-bond donors (Lipinski definition) is 2. The van der Waals surface area contributed by atoms with E-state index < -0.39 is 17.8 Å². The summed E-state index contributed by atoms with van der Waals surface area (Å²) in [5.41, 5.74) is -0.744. The molecule has 0 spiro atoms. The summed E-state index contributed by atoms with van der Waals surface area (Å²) in [5.74, 6) is 0.672. The average Bonchev–Trinajstić information content (AvgIpc) is 2.42. The van der Waals surface area contributed by atoms with Crippen LogP contribution in [0.5, 0.6) is 0 Å². The third kappa shape index (κ3) is 2.94. The van der Waals surface area contributed by atoms with E-state index in [1.165, 1.54) is 12.5 Å². The lowest BCUT2D eigenvalue weighted by molar-refractivity contribution is -0.238. The molecular formula is C17H26O5. The second-order valence-electron chi connectivity index (χ2n) is 7.57. The Hall–Kier alpha value is -0.910. The van der Waals surface area contributed by atoms with E-state index >= 15 is 0 Å². The SMILES string of the molecule is C=CC(=O)OC12CC3CC(CC(OCC(O)C(C)O)(C3)C1)C2. The van der Waals surface area contributed by atoms with E-state index in [2.05, 4.69) is 6.58 Å². The van der Waals surface area contributed by atoms with Crippen molar-refractivity contribution in [1.29, 1.82) is 0 Å². The van der Waals surface area contributed by atoms with E-state index in [-0.39, 0.29) is 18.2 Å². The minimum atomic E-state index is -0.875. The van der Waals surface area contributed by atoms with Gasteiger partial charge < -0.3 is 19.7 Å². The molecule has 4 aliphatic carbocycles. The molecule has 5 nitrogen and oxygen atoms in total. The number of aliphatic hydroxyl groups is 2. The summed E-state index contributed by atoms with van der Waals surface area (Å²) < 4.78 is 11.8. The third-order valence-corrected chi connectivity index (χ3v) is 5.55. The second kappa shape index (κ2) is 5.62. The van der Waals surface area contributed by atoms with Gasteiger partial charge in [0.25, 0.3) is 0 Å². The Balaban J connectivity index is 1.73. The lowest BCUT2D eigenvalue weighted by Crippen LogP contribution is -2.61. The Labute approximate surface area is 131 Å². The Morgan fingerprint density at radius 3 is 2.41 bits per heavy atom. The lowest BCUT2D eigenvalue weighted by Gasteiger charge is -2.60. The van der Waals surface area contributed by atoms with Gasteiger partial charge in [-0.3, -0.25) is 0 Å². The smallest absolute Gasteiger partial charge is 0.330 e. The summed E-state index contributed by atoms with van der Waals surface area (Å²) >= 11 is 0. The van der Waals surface area contributed by atoms with Crippen molar-refractivity contribution in [2.75, 3.05) is 6.61 Å². The van der Waals surface area contributed by atoms with Gasteiger partial charge in [-0.15, -0.1) is 0 Å². The quantitative estimate of drug-likeness (QED) is 0.575. The van der Waals surface area contributed by atoms with Crippen molar-refractivity contribution in [3.05, 3.63) is 12.7 Å². The van der Waals surface area contributed by atoms with Gasteiger partial charge in [0.15, 0.2) is 0 Å². The maximum atomic E-state index is 11.7. The Kier molecular flexibility index (Phi) is 4.08. The highest BCUT2D eigenvalue weighted by Crippen LogP contribution is 2.60. The summed E-state index contributed by atoms with van der Waals surface area (Å²) in [7, 11) is 0. The Morgan fingerprint density at radius 2 is 1.86 bits per heavy atom. The molecule has 0 aromatic rings. The first-order valence-electron chi connectivity index (χ1n) is 8.21. The fraction of sp³-hybridized carbons (Fsp3) is 0.824. The molecule has 22 heavy (non-hydrogen) atoms. The van der Waals surface area contributed by atoms with E-state index in [0.29, 0.717) is 18.3 Å². The highest BCUT2D eigenvalue weighted by molar-refractivity contribution is 5.81. The Morgan fingerprint density at radius 1 is 1.27 bits per heavy atom. The molecule has 4 fully saturated rings. The molecule has 2 N–H and O–H groups in total. The van der Waals surface area contributed by atoms with Crippen LogP contribution >= 0.6 is 0 Å². The highest BCUT2D eigenvalue weighted by atomic mass is 16.6. The van der Waals surface area contributed by atoms with Gasteiger partial charge in [-0.1, -0.05) is 6.58 Å². The molecule has 0 radical (unpaired) electrons. The van der Waals surface area contributed by atoms with Crippen LogP contribution < -0.4 is 0 Å². The molecule has 124 valence electrons. The van der Waals surface area contributed by atoms with Gasteiger partial charge in [-0.25, -0.2) is 4.79 Å². The highest BCUT2D eigenvalue weighted by Gasteiger charge is 2.60. The predicted molar refractivity (Wildman–Crippen MR) is 80.1 cm³/mol. The van der Waals surface area contributed by atoms with Crippen molar-refractivity contribution in [2.24, 2.45) is 11.8 Å². The molecule has 0 saturated heterocycles. The van der Waals surface area contributed by atoms with Gasteiger partial charge in [-0.05, 0) is 50.9 Å². The predicted octanol–water partition coefficient (Wildman–Crippen LogP) is 1.57. The zero-order valence-corrected chi connectivity index (χ0v) is 13.2. The van der Waals surface area contributed by atoms with Crippen molar-refractivity contribution >= 4 is 5.97 Å². The second-order valence-corrected chi connectivity index (χ2v) is 7.57. The first-order valence-corrected chi connectivity index (χ1v) is 8.21. The molecule has 4 rings (SSSR count). The third-order valence-electron chi connectivity index (χ3n) is 5.55. The minimum absolute atomic E-state index is 0.128. The zero-order valence-electron chi connectivity index (χ0n) is 13.2. The van der Waals surface area contributed by atoms with Gasteiger partial charge >= 0.3 is 5.97 Å². The lowest BCUT2D eigenvalue weighted by atomic mass is 9.52. The molecule has 0 heterocycles. The van der Waals surface area contributed by atoms with Crippen LogP contribution in [0.4, 0.5) is 0 Å². The topological polar surface area (TPSA) is 76.0 Å².